The molecule has 1 aliphatic heterocycles. The highest BCUT2D eigenvalue weighted by Gasteiger charge is 2.36. The largest absolute Gasteiger partial charge is 0.456 e. The van der Waals surface area contributed by atoms with Gasteiger partial charge in [0.25, 0.3) is 0 Å². The summed E-state index contributed by atoms with van der Waals surface area (Å²) >= 11 is -0.627. The van der Waals surface area contributed by atoms with Gasteiger partial charge in [-0.25, -0.2) is 4.99 Å². The molecule has 0 atom stereocenters. The van der Waals surface area contributed by atoms with E-state index in [0.717, 1.165) is 59.3 Å². The highest BCUT2D eigenvalue weighted by molar-refractivity contribution is 14.2. The van der Waals surface area contributed by atoms with Gasteiger partial charge in [0.2, 0.25) is 0 Å². The molecule has 0 spiro atoms. The number of fused-ring (bicyclic) bond motifs is 13. The summed E-state index contributed by atoms with van der Waals surface area (Å²) in [5.74, 6) is 0. The van der Waals surface area contributed by atoms with Crippen LogP contribution in [0.2, 0.25) is 0 Å². The normalized spacial score (nSPS) is 14.0. The van der Waals surface area contributed by atoms with E-state index in [2.05, 4.69) is 241 Å². The van der Waals surface area contributed by atoms with Crippen LogP contribution in [-0.4, -0.2) is 18.6 Å². The summed E-state index contributed by atoms with van der Waals surface area (Å²) in [5, 5.41) is 7.18. The first-order chi connectivity index (χ1) is 34.5. The zero-order valence-corrected chi connectivity index (χ0v) is 40.6. The average Bonchev–Trinajstić information content (AvgIpc) is 4.12. The summed E-state index contributed by atoms with van der Waals surface area (Å²) in [7, 11) is 0. The van der Waals surface area contributed by atoms with E-state index in [1.807, 2.05) is 0 Å². The van der Waals surface area contributed by atoms with E-state index in [1.54, 1.807) is 0 Å². The Hall–Kier alpha value is -8.13. The molecule has 0 fully saturated rings. The van der Waals surface area contributed by atoms with Gasteiger partial charge in [-0.15, -0.1) is 0 Å². The van der Waals surface area contributed by atoms with Crippen molar-refractivity contribution in [1.82, 2.24) is 9.13 Å². The lowest BCUT2D eigenvalue weighted by molar-refractivity contribution is 0.661. The van der Waals surface area contributed by atoms with Gasteiger partial charge in [-0.2, -0.15) is 0 Å². The van der Waals surface area contributed by atoms with Crippen molar-refractivity contribution in [2.24, 2.45) is 4.99 Å². The van der Waals surface area contributed by atoms with Crippen molar-refractivity contribution in [3.8, 4) is 39.1 Å². The SMILES string of the molecule is CC1(C)c2ccccc2-c2cc3c4cc(-c5ccc6oc7cccc(-c8ccc9c(c8)c8ccccc8n9-c8ccccc8)c7c6c5)ccc4n(C4=Ic5ccccc5C(c5ccccc5)=N4)c3cc21. The summed E-state index contributed by atoms with van der Waals surface area (Å²) in [6, 6.07) is 80.1. The summed E-state index contributed by atoms with van der Waals surface area (Å²) in [5.41, 5.74) is 21.0. The first kappa shape index (κ1) is 39.8. The predicted octanol–water partition coefficient (Wildman–Crippen LogP) is 17.1. The Morgan fingerprint density at radius 3 is 1.89 bits per heavy atom. The fraction of sp³-hybridized carbons (Fsp3) is 0.0462. The number of benzene rings is 10. The number of furan rings is 1. The minimum absolute atomic E-state index is 0.141. The van der Waals surface area contributed by atoms with E-state index in [0.29, 0.717) is 0 Å². The van der Waals surface area contributed by atoms with Crippen LogP contribution in [0.15, 0.2) is 228 Å². The van der Waals surface area contributed by atoms with Gasteiger partial charge in [0, 0.05) is 58.1 Å². The highest BCUT2D eigenvalue weighted by Crippen LogP contribution is 2.51. The van der Waals surface area contributed by atoms with Gasteiger partial charge in [0.15, 0.2) is 3.76 Å². The molecule has 4 heterocycles. The zero-order chi connectivity index (χ0) is 46.2. The molecule has 0 amide bonds. The first-order valence-electron chi connectivity index (χ1n) is 24.0. The summed E-state index contributed by atoms with van der Waals surface area (Å²) in [6.45, 7) is 4.75. The number of hydrogen-bond acceptors (Lipinski definition) is 2. The van der Waals surface area contributed by atoms with E-state index in [9.17, 15) is 0 Å². The second-order valence-electron chi connectivity index (χ2n) is 19.2. The van der Waals surface area contributed by atoms with Crippen LogP contribution in [0.5, 0.6) is 0 Å². The van der Waals surface area contributed by atoms with Gasteiger partial charge in [0.05, 0.1) is 27.8 Å². The Morgan fingerprint density at radius 1 is 0.400 bits per heavy atom. The summed E-state index contributed by atoms with van der Waals surface area (Å²) < 4.78 is 14.1. The number of halogens is 1. The fourth-order valence-electron chi connectivity index (χ4n) is 11.7. The first-order valence-corrected chi connectivity index (χ1v) is 26.1. The molecular weight excluding hydrogens is 966 g/mol. The molecule has 5 heteroatoms. The number of aliphatic imine (C=N–C) groups is 1. The maximum absolute atomic E-state index is 6.66. The average molecular weight is 1010 g/mol. The lowest BCUT2D eigenvalue weighted by Gasteiger charge is -2.22. The number of aromatic nitrogens is 2. The van der Waals surface area contributed by atoms with Crippen molar-refractivity contribution in [2.75, 3.05) is 0 Å². The second kappa shape index (κ2) is 14.9. The smallest absolute Gasteiger partial charge is 0.171 e. The molecule has 330 valence electrons. The summed E-state index contributed by atoms with van der Waals surface area (Å²) in [4.78, 5) is 5.66. The van der Waals surface area contributed by atoms with Crippen LogP contribution in [0.1, 0.15) is 36.1 Å². The third-order valence-electron chi connectivity index (χ3n) is 15.0. The Bertz CT molecular complexity index is 4430. The van der Waals surface area contributed by atoms with E-state index in [1.165, 1.54) is 80.6 Å². The van der Waals surface area contributed by atoms with Gasteiger partial charge in [0.1, 0.15) is 11.2 Å². The van der Waals surface area contributed by atoms with Gasteiger partial charge >= 0.3 is 0 Å². The minimum Gasteiger partial charge on any atom is -0.456 e. The Morgan fingerprint density at radius 2 is 1.03 bits per heavy atom. The van der Waals surface area contributed by atoms with E-state index >= 15 is 0 Å². The second-order valence-corrected chi connectivity index (χ2v) is 21.9. The quantitative estimate of drug-likeness (QED) is 0.158. The van der Waals surface area contributed by atoms with Crippen LogP contribution in [-0.2, 0) is 5.41 Å². The van der Waals surface area contributed by atoms with Gasteiger partial charge in [-0.05, 0) is 144 Å². The molecule has 0 saturated carbocycles. The molecule has 0 saturated heterocycles. The molecule has 1 aliphatic carbocycles. The van der Waals surface area contributed by atoms with Gasteiger partial charge < -0.3 is 8.98 Å². The van der Waals surface area contributed by atoms with Crippen molar-refractivity contribution in [1.29, 1.82) is 0 Å². The van der Waals surface area contributed by atoms with E-state index in [4.69, 9.17) is 9.41 Å². The molecular formula is C65H42IN3O. The molecule has 15 rings (SSSR count). The lowest BCUT2D eigenvalue weighted by Crippen LogP contribution is -2.18. The van der Waals surface area contributed by atoms with Crippen LogP contribution >= 0.6 is 20.7 Å². The van der Waals surface area contributed by atoms with E-state index in [-0.39, 0.29) is 5.41 Å². The van der Waals surface area contributed by atoms with Crippen molar-refractivity contribution in [3.05, 3.63) is 244 Å². The molecule has 2 aliphatic rings. The molecule has 10 aromatic carbocycles. The third kappa shape index (κ3) is 5.76. The molecule has 0 unspecified atom stereocenters. The molecule has 4 nitrogen and oxygen atoms in total. The molecule has 0 bridgehead atoms. The van der Waals surface area contributed by atoms with E-state index < -0.39 is 20.7 Å². The van der Waals surface area contributed by atoms with Crippen LogP contribution in [0.3, 0.4) is 0 Å². The van der Waals surface area contributed by atoms with Crippen molar-refractivity contribution >= 4 is 95.7 Å². The van der Waals surface area contributed by atoms with Crippen molar-refractivity contribution < 1.29 is 4.42 Å². The maximum Gasteiger partial charge on any atom is 0.171 e. The molecule has 0 radical (unpaired) electrons. The number of nitrogens with zero attached hydrogens (tertiary/aromatic N) is 3. The third-order valence-corrected chi connectivity index (χ3v) is 17.8. The zero-order valence-electron chi connectivity index (χ0n) is 38.4. The molecule has 0 N–H and O–H groups in total. The van der Waals surface area contributed by atoms with Crippen molar-refractivity contribution in [3.63, 3.8) is 0 Å². The molecule has 3 aromatic heterocycles. The lowest BCUT2D eigenvalue weighted by atomic mass is 9.82. The van der Waals surface area contributed by atoms with Crippen LogP contribution in [0, 0.1) is 3.57 Å². The van der Waals surface area contributed by atoms with Gasteiger partial charge in [-0.3, -0.25) is 4.57 Å². The number of para-hydroxylation sites is 2. The maximum atomic E-state index is 6.66. The Kier molecular flexibility index (Phi) is 8.50. The standard InChI is InChI=1S/C65H42IN3O/c1-65(2)53-24-12-9-20-45(53)48-37-51-50-34-40(28-31-58(50)69(59(51)38-54(48)65)64-66-55-25-13-10-22-47(55)63(67-64)39-16-5-3-6-17-39)41-30-33-60-52(35-41)62-44(23-15-27-61(62)70-60)42-29-32-57-49(36-42)46-21-11-14-26-56(46)68(57)43-18-7-4-8-19-43/h3-38H,1-2H3. The van der Waals surface area contributed by atoms with Crippen LogP contribution < -0.4 is 0 Å². The van der Waals surface area contributed by atoms with Crippen molar-refractivity contribution in [2.45, 2.75) is 19.3 Å². The fourth-order valence-corrected chi connectivity index (χ4v) is 14.5. The summed E-state index contributed by atoms with van der Waals surface area (Å²) in [6.07, 6.45) is 0. The molecule has 70 heavy (non-hydrogen) atoms. The Labute approximate surface area is 414 Å². The molecule has 13 aromatic rings. The van der Waals surface area contributed by atoms with Crippen LogP contribution in [0.4, 0.5) is 0 Å². The topological polar surface area (TPSA) is 35.4 Å². The number of hydrogen-bond donors (Lipinski definition) is 0. The predicted molar refractivity (Wildman–Crippen MR) is 301 cm³/mol. The Balaban J connectivity index is 0.928. The van der Waals surface area contributed by atoms with Crippen LogP contribution in [0.25, 0.3) is 105 Å². The number of rotatable bonds is 5. The minimum atomic E-state index is -0.627. The highest BCUT2D eigenvalue weighted by atomic mass is 127. The van der Waals surface area contributed by atoms with Gasteiger partial charge in [-0.1, -0.05) is 153 Å². The monoisotopic (exact) mass is 1010 g/mol.